The number of nitro groups is 1. The minimum absolute atomic E-state index is 0.0256. The number of nitro benzene ring substituents is 1. The second-order valence-corrected chi connectivity index (χ2v) is 3.77. The van der Waals surface area contributed by atoms with Crippen LogP contribution >= 0.6 is 0 Å². The molecule has 0 unspecified atom stereocenters. The second-order valence-electron chi connectivity index (χ2n) is 3.77. The van der Waals surface area contributed by atoms with Gasteiger partial charge in [0, 0.05) is 12.3 Å². The lowest BCUT2D eigenvalue weighted by atomic mass is 10.1. The Morgan fingerprint density at radius 2 is 2.05 bits per heavy atom. The molecule has 0 saturated carbocycles. The highest BCUT2D eigenvalue weighted by molar-refractivity contribution is 5.88. The van der Waals surface area contributed by atoms with Gasteiger partial charge in [-0.3, -0.25) is 10.1 Å². The summed E-state index contributed by atoms with van der Waals surface area (Å²) in [6.45, 7) is 1.52. The molecule has 2 rings (SSSR count). The third-order valence-electron chi connectivity index (χ3n) is 2.55. The van der Waals surface area contributed by atoms with Crippen LogP contribution in [0.4, 0.5) is 5.69 Å². The lowest BCUT2D eigenvalue weighted by Gasteiger charge is -2.04. The molecule has 0 amide bonds. The van der Waals surface area contributed by atoms with Gasteiger partial charge < -0.3 is 5.11 Å². The molecule has 19 heavy (non-hydrogen) atoms. The molecule has 0 spiro atoms. The molecule has 0 aliphatic rings. The van der Waals surface area contributed by atoms with Gasteiger partial charge in [-0.15, -0.1) is 0 Å². The number of para-hydroxylation sites is 1. The van der Waals surface area contributed by atoms with Gasteiger partial charge in [-0.1, -0.05) is 12.1 Å². The summed E-state index contributed by atoms with van der Waals surface area (Å²) in [5.41, 5.74) is 0.371. The van der Waals surface area contributed by atoms with Gasteiger partial charge in [0.25, 0.3) is 5.69 Å². The van der Waals surface area contributed by atoms with E-state index in [1.807, 2.05) is 0 Å². The lowest BCUT2D eigenvalue weighted by molar-refractivity contribution is -0.384. The predicted molar refractivity (Wildman–Crippen MR) is 65.8 cm³/mol. The number of hydrogen-bond donors (Lipinski definition) is 1. The predicted octanol–water partition coefficient (Wildman–Crippen LogP) is 2.06. The molecule has 1 aromatic carbocycles. The fraction of sp³-hybridized carbons (Fsp3) is 0.0833. The molecule has 0 atom stereocenters. The number of aromatic carboxylic acids is 1. The number of nitrogens with zero attached hydrogens (tertiary/aromatic N) is 3. The second kappa shape index (κ2) is 4.81. The number of carboxylic acid groups (broad SMARTS) is 1. The van der Waals surface area contributed by atoms with Gasteiger partial charge in [-0.25, -0.2) is 14.8 Å². The molecule has 0 fully saturated rings. The lowest BCUT2D eigenvalue weighted by Crippen LogP contribution is -2.05. The monoisotopic (exact) mass is 259 g/mol. The minimum Gasteiger partial charge on any atom is -0.478 e. The van der Waals surface area contributed by atoms with Crippen molar-refractivity contribution in [2.75, 3.05) is 0 Å². The average Bonchev–Trinajstić information content (AvgIpc) is 2.38. The molecular weight excluding hydrogens is 250 g/mol. The van der Waals surface area contributed by atoms with E-state index >= 15 is 0 Å². The third-order valence-corrected chi connectivity index (χ3v) is 2.55. The number of rotatable bonds is 3. The van der Waals surface area contributed by atoms with Crippen LogP contribution in [0.5, 0.6) is 0 Å². The molecule has 96 valence electrons. The highest BCUT2D eigenvalue weighted by Gasteiger charge is 2.18. The van der Waals surface area contributed by atoms with Gasteiger partial charge in [0.1, 0.15) is 0 Å². The van der Waals surface area contributed by atoms with Crippen LogP contribution in [-0.2, 0) is 0 Å². The van der Waals surface area contributed by atoms with Crippen LogP contribution in [0.2, 0.25) is 0 Å². The van der Waals surface area contributed by atoms with Crippen LogP contribution in [-0.4, -0.2) is 26.0 Å². The maximum Gasteiger partial charge on any atom is 0.339 e. The molecule has 1 aromatic heterocycles. The van der Waals surface area contributed by atoms with Crippen LogP contribution in [0.15, 0.2) is 30.5 Å². The van der Waals surface area contributed by atoms with E-state index in [1.165, 1.54) is 19.1 Å². The summed E-state index contributed by atoms with van der Waals surface area (Å²) in [6, 6.07) is 6.04. The molecular formula is C12H9N3O4. The highest BCUT2D eigenvalue weighted by Crippen LogP contribution is 2.26. The van der Waals surface area contributed by atoms with Crippen molar-refractivity contribution >= 4 is 11.7 Å². The summed E-state index contributed by atoms with van der Waals surface area (Å²) < 4.78 is 0. The molecule has 0 saturated heterocycles. The topological polar surface area (TPSA) is 106 Å². The first-order valence-corrected chi connectivity index (χ1v) is 5.31. The Labute approximate surface area is 107 Å². The number of aromatic nitrogens is 2. The standard InChI is InChI=1S/C12H9N3O4/c1-7-9(12(16)17)6-13-11(14-7)8-4-2-3-5-10(8)15(18)19/h2-6H,1H3,(H,16,17). The molecule has 0 aliphatic carbocycles. The van der Waals surface area contributed by atoms with Gasteiger partial charge >= 0.3 is 5.97 Å². The molecule has 7 heteroatoms. The van der Waals surface area contributed by atoms with Crippen LogP contribution in [0.1, 0.15) is 16.1 Å². The van der Waals surface area contributed by atoms with Crippen molar-refractivity contribution in [3.8, 4) is 11.4 Å². The number of benzene rings is 1. The van der Waals surface area contributed by atoms with Crippen LogP contribution < -0.4 is 0 Å². The Bertz CT molecular complexity index is 670. The summed E-state index contributed by atoms with van der Waals surface area (Å²) in [5.74, 6) is -0.999. The highest BCUT2D eigenvalue weighted by atomic mass is 16.6. The van der Waals surface area contributed by atoms with Crippen molar-refractivity contribution in [1.82, 2.24) is 9.97 Å². The van der Waals surface area contributed by atoms with E-state index in [4.69, 9.17) is 5.11 Å². The third kappa shape index (κ3) is 2.39. The summed E-state index contributed by atoms with van der Waals surface area (Å²) in [5, 5.41) is 19.8. The zero-order valence-corrected chi connectivity index (χ0v) is 9.90. The van der Waals surface area contributed by atoms with E-state index in [1.54, 1.807) is 12.1 Å². The van der Waals surface area contributed by atoms with E-state index in [0.29, 0.717) is 0 Å². The largest absolute Gasteiger partial charge is 0.478 e. The Kier molecular flexibility index (Phi) is 3.19. The van der Waals surface area contributed by atoms with Crippen molar-refractivity contribution in [3.05, 3.63) is 51.8 Å². The van der Waals surface area contributed by atoms with Crippen molar-refractivity contribution in [3.63, 3.8) is 0 Å². The zero-order chi connectivity index (χ0) is 14.0. The van der Waals surface area contributed by atoms with Crippen molar-refractivity contribution in [2.24, 2.45) is 0 Å². The number of hydrogen-bond acceptors (Lipinski definition) is 5. The van der Waals surface area contributed by atoms with Gasteiger partial charge in [0.05, 0.1) is 21.7 Å². The van der Waals surface area contributed by atoms with E-state index in [9.17, 15) is 14.9 Å². The molecule has 1 N–H and O–H groups in total. The number of carbonyl (C=O) groups is 1. The number of carboxylic acids is 1. The number of aryl methyl sites for hydroxylation is 1. The molecule has 1 heterocycles. The van der Waals surface area contributed by atoms with E-state index in [2.05, 4.69) is 9.97 Å². The van der Waals surface area contributed by atoms with E-state index < -0.39 is 10.9 Å². The molecule has 0 radical (unpaired) electrons. The first-order chi connectivity index (χ1) is 9.00. The summed E-state index contributed by atoms with van der Waals surface area (Å²) in [6.07, 6.45) is 1.15. The Morgan fingerprint density at radius 1 is 1.37 bits per heavy atom. The molecule has 2 aromatic rings. The smallest absolute Gasteiger partial charge is 0.339 e. The maximum atomic E-state index is 10.9. The first-order valence-electron chi connectivity index (χ1n) is 5.31. The van der Waals surface area contributed by atoms with Gasteiger partial charge in [0.15, 0.2) is 5.82 Å². The van der Waals surface area contributed by atoms with E-state index in [0.717, 1.165) is 6.20 Å². The Balaban J connectivity index is 2.57. The van der Waals surface area contributed by atoms with Crippen LogP contribution in [0.25, 0.3) is 11.4 Å². The summed E-state index contributed by atoms with van der Waals surface area (Å²) in [7, 11) is 0. The van der Waals surface area contributed by atoms with Gasteiger partial charge in [-0.2, -0.15) is 0 Å². The van der Waals surface area contributed by atoms with Crippen molar-refractivity contribution in [1.29, 1.82) is 0 Å². The van der Waals surface area contributed by atoms with Crippen molar-refractivity contribution < 1.29 is 14.8 Å². The molecule has 7 nitrogen and oxygen atoms in total. The fourth-order valence-electron chi connectivity index (χ4n) is 1.63. The summed E-state index contributed by atoms with van der Waals surface area (Å²) >= 11 is 0. The zero-order valence-electron chi connectivity index (χ0n) is 9.90. The molecule has 0 aliphatic heterocycles. The SMILES string of the molecule is Cc1nc(-c2ccccc2[N+](=O)[O-])ncc1C(=O)O. The van der Waals surface area contributed by atoms with Gasteiger partial charge in [-0.05, 0) is 13.0 Å². The van der Waals surface area contributed by atoms with E-state index in [-0.39, 0.29) is 28.3 Å². The Morgan fingerprint density at radius 3 is 2.63 bits per heavy atom. The minimum atomic E-state index is -1.13. The maximum absolute atomic E-state index is 10.9. The normalized spacial score (nSPS) is 10.2. The fourth-order valence-corrected chi connectivity index (χ4v) is 1.63. The first kappa shape index (κ1) is 12.6. The quantitative estimate of drug-likeness (QED) is 0.667. The summed E-state index contributed by atoms with van der Waals surface area (Å²) in [4.78, 5) is 29.1. The molecule has 0 bridgehead atoms. The average molecular weight is 259 g/mol. The van der Waals surface area contributed by atoms with Gasteiger partial charge in [0.2, 0.25) is 0 Å². The van der Waals surface area contributed by atoms with Crippen LogP contribution in [0, 0.1) is 17.0 Å². The Hall–Kier alpha value is -2.83. The van der Waals surface area contributed by atoms with Crippen LogP contribution in [0.3, 0.4) is 0 Å². The van der Waals surface area contributed by atoms with Crippen molar-refractivity contribution in [2.45, 2.75) is 6.92 Å².